The lowest BCUT2D eigenvalue weighted by molar-refractivity contribution is -0.118. The zero-order valence-electron chi connectivity index (χ0n) is 14.3. The molecule has 0 radical (unpaired) electrons. The molecule has 0 bridgehead atoms. The molecule has 25 heavy (non-hydrogen) atoms. The topological polar surface area (TPSA) is 67.4 Å². The molecule has 2 aromatic carbocycles. The first-order chi connectivity index (χ1) is 12.0. The number of rotatable bonds is 7. The maximum absolute atomic E-state index is 12.0. The van der Waals surface area contributed by atoms with E-state index in [1.54, 1.807) is 24.3 Å². The fourth-order valence-corrected chi connectivity index (χ4v) is 2.64. The number of amides is 2. The quantitative estimate of drug-likeness (QED) is 0.734. The van der Waals surface area contributed by atoms with Gasteiger partial charge < -0.3 is 15.4 Å². The molecule has 2 amide bonds. The lowest BCUT2D eigenvalue weighted by atomic mass is 10.2. The van der Waals surface area contributed by atoms with Crippen molar-refractivity contribution >= 4 is 33.4 Å². The highest BCUT2D eigenvalue weighted by Crippen LogP contribution is 2.22. The second kappa shape index (κ2) is 9.22. The Hall–Kier alpha value is -2.34. The lowest BCUT2D eigenvalue weighted by Crippen LogP contribution is -2.24. The van der Waals surface area contributed by atoms with Gasteiger partial charge in [0.05, 0.1) is 0 Å². The molecule has 0 atom stereocenters. The molecule has 0 aromatic heterocycles. The van der Waals surface area contributed by atoms with Gasteiger partial charge in [0.25, 0.3) is 11.8 Å². The van der Waals surface area contributed by atoms with Crippen LogP contribution in [0, 0.1) is 6.92 Å². The number of benzene rings is 2. The normalized spacial score (nSPS) is 10.2. The molecular formula is C19H21BrN2O3. The summed E-state index contributed by atoms with van der Waals surface area (Å²) in [5.41, 5.74) is 2.13. The van der Waals surface area contributed by atoms with E-state index in [2.05, 4.69) is 26.6 Å². The Morgan fingerprint density at radius 3 is 2.48 bits per heavy atom. The molecule has 0 aliphatic rings. The van der Waals surface area contributed by atoms with Gasteiger partial charge in [-0.3, -0.25) is 9.59 Å². The van der Waals surface area contributed by atoms with Crippen LogP contribution in [-0.2, 0) is 4.79 Å². The average Bonchev–Trinajstić information content (AvgIpc) is 2.59. The molecule has 0 saturated carbocycles. The van der Waals surface area contributed by atoms with Crippen molar-refractivity contribution in [2.75, 3.05) is 18.5 Å². The Balaban J connectivity index is 1.87. The van der Waals surface area contributed by atoms with E-state index in [0.717, 1.165) is 16.5 Å². The Labute approximate surface area is 155 Å². The molecule has 132 valence electrons. The van der Waals surface area contributed by atoms with E-state index >= 15 is 0 Å². The SMILES string of the molecule is CCCNC(=O)c1ccc(NC(=O)COc2ccc(Br)cc2C)cc1. The maximum atomic E-state index is 12.0. The number of carbonyl (C=O) groups is 2. The van der Waals surface area contributed by atoms with Crippen LogP contribution in [0.2, 0.25) is 0 Å². The fourth-order valence-electron chi connectivity index (χ4n) is 2.16. The first-order valence-corrected chi connectivity index (χ1v) is 8.86. The number of carbonyl (C=O) groups excluding carboxylic acids is 2. The van der Waals surface area contributed by atoms with Crippen LogP contribution in [0.1, 0.15) is 29.3 Å². The number of hydrogen-bond acceptors (Lipinski definition) is 3. The molecule has 0 aliphatic heterocycles. The third-order valence-electron chi connectivity index (χ3n) is 3.46. The van der Waals surface area contributed by atoms with Crippen molar-refractivity contribution < 1.29 is 14.3 Å². The zero-order valence-corrected chi connectivity index (χ0v) is 15.9. The second-order valence-electron chi connectivity index (χ2n) is 5.58. The molecule has 0 saturated heterocycles. The average molecular weight is 405 g/mol. The summed E-state index contributed by atoms with van der Waals surface area (Å²) in [4.78, 5) is 23.8. The summed E-state index contributed by atoms with van der Waals surface area (Å²) in [5.74, 6) is 0.292. The van der Waals surface area contributed by atoms with Gasteiger partial charge in [-0.15, -0.1) is 0 Å². The highest BCUT2D eigenvalue weighted by molar-refractivity contribution is 9.10. The molecule has 2 rings (SSSR count). The van der Waals surface area contributed by atoms with E-state index in [4.69, 9.17) is 4.74 Å². The van der Waals surface area contributed by atoms with Crippen molar-refractivity contribution in [2.24, 2.45) is 0 Å². The summed E-state index contributed by atoms with van der Waals surface area (Å²) in [7, 11) is 0. The van der Waals surface area contributed by atoms with Gasteiger partial charge in [-0.2, -0.15) is 0 Å². The molecule has 0 aliphatic carbocycles. The molecule has 0 heterocycles. The van der Waals surface area contributed by atoms with Crippen LogP contribution in [0.4, 0.5) is 5.69 Å². The number of hydrogen-bond donors (Lipinski definition) is 2. The van der Waals surface area contributed by atoms with Gasteiger partial charge in [0.2, 0.25) is 0 Å². The highest BCUT2D eigenvalue weighted by atomic mass is 79.9. The minimum Gasteiger partial charge on any atom is -0.483 e. The minimum atomic E-state index is -0.259. The molecule has 5 nitrogen and oxygen atoms in total. The summed E-state index contributed by atoms with van der Waals surface area (Å²) < 4.78 is 6.50. The second-order valence-corrected chi connectivity index (χ2v) is 6.50. The predicted molar refractivity (Wildman–Crippen MR) is 102 cm³/mol. The van der Waals surface area contributed by atoms with Gasteiger partial charge in [0, 0.05) is 22.3 Å². The van der Waals surface area contributed by atoms with E-state index in [9.17, 15) is 9.59 Å². The lowest BCUT2D eigenvalue weighted by Gasteiger charge is -2.10. The zero-order chi connectivity index (χ0) is 18.2. The third-order valence-corrected chi connectivity index (χ3v) is 3.96. The molecule has 0 fully saturated rings. The van der Waals surface area contributed by atoms with E-state index < -0.39 is 0 Å². The van der Waals surface area contributed by atoms with Crippen LogP contribution in [0.15, 0.2) is 46.9 Å². The molecule has 6 heteroatoms. The van der Waals surface area contributed by atoms with Crippen LogP contribution in [-0.4, -0.2) is 25.0 Å². The summed E-state index contributed by atoms with van der Waals surface area (Å²) in [6, 6.07) is 12.4. The van der Waals surface area contributed by atoms with Gasteiger partial charge in [-0.25, -0.2) is 0 Å². The van der Waals surface area contributed by atoms with Gasteiger partial charge in [0.15, 0.2) is 6.61 Å². The Kier molecular flexibility index (Phi) is 7.01. The number of halogens is 1. The molecule has 0 unspecified atom stereocenters. The molecule has 2 aromatic rings. The summed E-state index contributed by atoms with van der Waals surface area (Å²) >= 11 is 3.39. The Bertz CT molecular complexity index is 745. The summed E-state index contributed by atoms with van der Waals surface area (Å²) in [6.07, 6.45) is 0.887. The van der Waals surface area contributed by atoms with Crippen molar-refractivity contribution in [1.82, 2.24) is 5.32 Å². The standard InChI is InChI=1S/C19H21BrN2O3/c1-3-10-21-19(24)14-4-7-16(8-5-14)22-18(23)12-25-17-9-6-15(20)11-13(17)2/h4-9,11H,3,10,12H2,1-2H3,(H,21,24)(H,22,23). The van der Waals surface area contributed by atoms with Crippen LogP contribution >= 0.6 is 15.9 Å². The van der Waals surface area contributed by atoms with E-state index in [1.807, 2.05) is 32.0 Å². The van der Waals surface area contributed by atoms with E-state index in [1.165, 1.54) is 0 Å². The van der Waals surface area contributed by atoms with Crippen molar-refractivity contribution in [3.05, 3.63) is 58.1 Å². The van der Waals surface area contributed by atoms with E-state index in [0.29, 0.717) is 23.5 Å². The molecule has 0 spiro atoms. The number of aryl methyl sites for hydroxylation is 1. The van der Waals surface area contributed by atoms with Gasteiger partial charge in [-0.05, 0) is 61.4 Å². The van der Waals surface area contributed by atoms with Crippen LogP contribution in [0.3, 0.4) is 0 Å². The van der Waals surface area contributed by atoms with E-state index in [-0.39, 0.29) is 18.4 Å². The number of nitrogens with one attached hydrogen (secondary N) is 2. The Morgan fingerprint density at radius 2 is 1.84 bits per heavy atom. The van der Waals surface area contributed by atoms with Gasteiger partial charge in [0.1, 0.15) is 5.75 Å². The Morgan fingerprint density at radius 1 is 1.12 bits per heavy atom. The molecular weight excluding hydrogens is 384 g/mol. The monoisotopic (exact) mass is 404 g/mol. The maximum Gasteiger partial charge on any atom is 0.262 e. The summed E-state index contributed by atoms with van der Waals surface area (Å²) in [6.45, 7) is 4.47. The van der Waals surface area contributed by atoms with Crippen molar-refractivity contribution in [3.63, 3.8) is 0 Å². The van der Waals surface area contributed by atoms with Gasteiger partial charge in [-0.1, -0.05) is 22.9 Å². The first-order valence-electron chi connectivity index (χ1n) is 8.06. The largest absolute Gasteiger partial charge is 0.483 e. The molecule has 2 N–H and O–H groups in total. The van der Waals surface area contributed by atoms with Crippen LogP contribution in [0.25, 0.3) is 0 Å². The predicted octanol–water partition coefficient (Wildman–Crippen LogP) is 3.91. The fraction of sp³-hybridized carbons (Fsp3) is 0.263. The minimum absolute atomic E-state index is 0.0821. The third kappa shape index (κ3) is 5.90. The highest BCUT2D eigenvalue weighted by Gasteiger charge is 2.08. The van der Waals surface area contributed by atoms with Crippen molar-refractivity contribution in [3.8, 4) is 5.75 Å². The number of anilines is 1. The number of ether oxygens (including phenoxy) is 1. The summed E-state index contributed by atoms with van der Waals surface area (Å²) in [5, 5.41) is 5.55. The smallest absolute Gasteiger partial charge is 0.262 e. The van der Waals surface area contributed by atoms with Gasteiger partial charge >= 0.3 is 0 Å². The van der Waals surface area contributed by atoms with Crippen molar-refractivity contribution in [2.45, 2.75) is 20.3 Å². The van der Waals surface area contributed by atoms with Crippen LogP contribution in [0.5, 0.6) is 5.75 Å². The van der Waals surface area contributed by atoms with Crippen LogP contribution < -0.4 is 15.4 Å². The van der Waals surface area contributed by atoms with Crippen molar-refractivity contribution in [1.29, 1.82) is 0 Å². The first kappa shape index (κ1) is 19.0.